The van der Waals surface area contributed by atoms with Gasteiger partial charge in [0, 0.05) is 0 Å². The molecule has 0 spiro atoms. The molecular weight excluding hydrogens is 278 g/mol. The molecular formula is C15H24ClNO3. The Morgan fingerprint density at radius 1 is 1.20 bits per heavy atom. The number of halogens is 1. The largest absolute Gasteiger partial charge is 0.493 e. The van der Waals surface area contributed by atoms with Gasteiger partial charge in [0.1, 0.15) is 0 Å². The third kappa shape index (κ3) is 4.01. The van der Waals surface area contributed by atoms with E-state index < -0.39 is 12.1 Å². The Balaban J connectivity index is 2.95. The number of methoxy groups -OCH3 is 2. The molecule has 114 valence electrons. The average Bonchev–Trinajstić information content (AvgIpc) is 2.43. The number of nitrogens with two attached hydrogens (primary N) is 1. The van der Waals surface area contributed by atoms with Gasteiger partial charge < -0.3 is 20.3 Å². The zero-order chi connectivity index (χ0) is 15.3. The molecule has 0 aliphatic rings. The van der Waals surface area contributed by atoms with E-state index in [4.69, 9.17) is 26.8 Å². The van der Waals surface area contributed by atoms with Crippen LogP contribution in [0.5, 0.6) is 11.5 Å². The minimum absolute atomic E-state index is 0.392. The molecule has 20 heavy (non-hydrogen) atoms. The van der Waals surface area contributed by atoms with Crippen LogP contribution < -0.4 is 15.2 Å². The molecule has 0 radical (unpaired) electrons. The molecule has 5 heteroatoms. The fraction of sp³-hybridized carbons (Fsp3) is 0.600. The molecule has 0 aliphatic heterocycles. The van der Waals surface area contributed by atoms with E-state index in [0.717, 1.165) is 6.42 Å². The van der Waals surface area contributed by atoms with E-state index in [2.05, 4.69) is 13.8 Å². The summed E-state index contributed by atoms with van der Waals surface area (Å²) in [6, 6.07) is 2.98. The maximum Gasteiger partial charge on any atom is 0.179 e. The molecule has 0 saturated carbocycles. The highest BCUT2D eigenvalue weighted by Gasteiger charge is 2.23. The third-order valence-corrected chi connectivity index (χ3v) is 3.72. The monoisotopic (exact) mass is 301 g/mol. The van der Waals surface area contributed by atoms with Gasteiger partial charge >= 0.3 is 0 Å². The Morgan fingerprint density at radius 2 is 1.85 bits per heavy atom. The average molecular weight is 302 g/mol. The van der Waals surface area contributed by atoms with Crippen LogP contribution in [0.15, 0.2) is 12.1 Å². The van der Waals surface area contributed by atoms with Gasteiger partial charge in [0.05, 0.1) is 31.4 Å². The summed E-state index contributed by atoms with van der Waals surface area (Å²) >= 11 is 6.30. The van der Waals surface area contributed by atoms with Gasteiger partial charge in [0.25, 0.3) is 0 Å². The number of ether oxygens (including phenoxy) is 2. The fourth-order valence-corrected chi connectivity index (χ4v) is 2.41. The molecule has 2 atom stereocenters. The zero-order valence-electron chi connectivity index (χ0n) is 12.5. The maximum absolute atomic E-state index is 10.2. The molecule has 0 bridgehead atoms. The van der Waals surface area contributed by atoms with Crippen LogP contribution in [0, 0.1) is 5.92 Å². The van der Waals surface area contributed by atoms with Crippen molar-refractivity contribution in [2.75, 3.05) is 14.2 Å². The Bertz CT molecular complexity index is 437. The summed E-state index contributed by atoms with van der Waals surface area (Å²) in [6.07, 6.45) is 0.927. The molecule has 0 heterocycles. The second-order valence-corrected chi connectivity index (χ2v) is 5.65. The standard InChI is InChI=1S/C15H24ClNO3/c1-9(2)5-7-11(18)14(17)10-6-8-12(19-3)15(20-4)13(10)16/h6,8-9,11,14,18H,5,7,17H2,1-4H3/t11-,14+/m1/s1. The molecule has 1 rings (SSSR count). The van der Waals surface area contributed by atoms with Crippen LogP contribution in [-0.4, -0.2) is 25.4 Å². The Kier molecular flexibility index (Phi) is 6.59. The topological polar surface area (TPSA) is 64.7 Å². The number of aliphatic hydroxyl groups is 1. The predicted octanol–water partition coefficient (Wildman–Crippen LogP) is 3.15. The Morgan fingerprint density at radius 3 is 2.35 bits per heavy atom. The molecule has 3 N–H and O–H groups in total. The van der Waals surface area contributed by atoms with Gasteiger partial charge in [0.2, 0.25) is 0 Å². The first-order chi connectivity index (χ1) is 9.42. The van der Waals surface area contributed by atoms with E-state index in [1.807, 2.05) is 0 Å². The SMILES string of the molecule is COc1ccc([C@H](N)[C@H](O)CCC(C)C)c(Cl)c1OC. The van der Waals surface area contributed by atoms with Crippen molar-refractivity contribution in [1.82, 2.24) is 0 Å². The maximum atomic E-state index is 10.2. The van der Waals surface area contributed by atoms with Gasteiger partial charge in [-0.25, -0.2) is 0 Å². The summed E-state index contributed by atoms with van der Waals surface area (Å²) in [5.41, 5.74) is 6.78. The van der Waals surface area contributed by atoms with Crippen molar-refractivity contribution in [2.24, 2.45) is 11.7 Å². The first-order valence-electron chi connectivity index (χ1n) is 6.76. The van der Waals surface area contributed by atoms with Crippen molar-refractivity contribution < 1.29 is 14.6 Å². The minimum Gasteiger partial charge on any atom is -0.493 e. The van der Waals surface area contributed by atoms with Gasteiger partial charge in [-0.3, -0.25) is 0 Å². The van der Waals surface area contributed by atoms with Crippen molar-refractivity contribution in [3.05, 3.63) is 22.7 Å². The van der Waals surface area contributed by atoms with Crippen molar-refractivity contribution in [3.63, 3.8) is 0 Å². The first-order valence-corrected chi connectivity index (χ1v) is 7.14. The van der Waals surface area contributed by atoms with Crippen LogP contribution in [0.4, 0.5) is 0 Å². The lowest BCUT2D eigenvalue weighted by molar-refractivity contribution is 0.128. The number of hydrogen-bond acceptors (Lipinski definition) is 4. The molecule has 0 aromatic heterocycles. The van der Waals surface area contributed by atoms with Crippen LogP contribution in [0.25, 0.3) is 0 Å². The zero-order valence-corrected chi connectivity index (χ0v) is 13.3. The molecule has 0 aliphatic carbocycles. The van der Waals surface area contributed by atoms with Crippen LogP contribution in [0.1, 0.15) is 38.3 Å². The van der Waals surface area contributed by atoms with Crippen molar-refractivity contribution >= 4 is 11.6 Å². The summed E-state index contributed by atoms with van der Waals surface area (Å²) in [4.78, 5) is 0. The van der Waals surface area contributed by atoms with Crippen LogP contribution in [0.3, 0.4) is 0 Å². The molecule has 0 fully saturated rings. The van der Waals surface area contributed by atoms with Gasteiger partial charge in [-0.1, -0.05) is 31.5 Å². The van der Waals surface area contributed by atoms with Gasteiger partial charge in [-0.2, -0.15) is 0 Å². The number of hydrogen-bond donors (Lipinski definition) is 2. The van der Waals surface area contributed by atoms with Gasteiger partial charge in [0.15, 0.2) is 11.5 Å². The molecule has 0 unspecified atom stereocenters. The molecule has 0 amide bonds. The van der Waals surface area contributed by atoms with Crippen molar-refractivity contribution in [3.8, 4) is 11.5 Å². The third-order valence-electron chi connectivity index (χ3n) is 3.33. The number of benzene rings is 1. The van der Waals surface area contributed by atoms with E-state index in [-0.39, 0.29) is 0 Å². The summed E-state index contributed by atoms with van der Waals surface area (Å²) < 4.78 is 10.4. The second kappa shape index (κ2) is 7.72. The highest BCUT2D eigenvalue weighted by molar-refractivity contribution is 6.33. The summed E-state index contributed by atoms with van der Waals surface area (Å²) in [6.45, 7) is 4.23. The molecule has 4 nitrogen and oxygen atoms in total. The van der Waals surface area contributed by atoms with Crippen LogP contribution in [0.2, 0.25) is 5.02 Å². The summed E-state index contributed by atoms with van der Waals surface area (Å²) in [5.74, 6) is 1.51. The Hall–Kier alpha value is -0.970. The summed E-state index contributed by atoms with van der Waals surface area (Å²) in [5, 5.41) is 10.6. The van der Waals surface area contributed by atoms with E-state index in [0.29, 0.717) is 34.4 Å². The molecule has 0 saturated heterocycles. The quantitative estimate of drug-likeness (QED) is 0.812. The van der Waals surface area contributed by atoms with E-state index in [9.17, 15) is 5.11 Å². The lowest BCUT2D eigenvalue weighted by atomic mass is 9.95. The van der Waals surface area contributed by atoms with E-state index in [1.54, 1.807) is 19.2 Å². The molecule has 1 aromatic rings. The second-order valence-electron chi connectivity index (χ2n) is 5.27. The highest BCUT2D eigenvalue weighted by atomic mass is 35.5. The van der Waals surface area contributed by atoms with Gasteiger partial charge in [-0.15, -0.1) is 0 Å². The lowest BCUT2D eigenvalue weighted by Crippen LogP contribution is -2.27. The van der Waals surface area contributed by atoms with E-state index in [1.165, 1.54) is 7.11 Å². The van der Waals surface area contributed by atoms with Crippen molar-refractivity contribution in [2.45, 2.75) is 38.8 Å². The fourth-order valence-electron chi connectivity index (χ4n) is 2.05. The Labute approximate surface area is 125 Å². The smallest absolute Gasteiger partial charge is 0.179 e. The van der Waals surface area contributed by atoms with Crippen molar-refractivity contribution in [1.29, 1.82) is 0 Å². The van der Waals surface area contributed by atoms with E-state index >= 15 is 0 Å². The van der Waals surface area contributed by atoms with Crippen LogP contribution >= 0.6 is 11.6 Å². The number of aliphatic hydroxyl groups excluding tert-OH is 1. The number of rotatable bonds is 7. The normalized spacial score (nSPS) is 14.2. The minimum atomic E-state index is -0.631. The van der Waals surface area contributed by atoms with Gasteiger partial charge in [-0.05, 0) is 30.4 Å². The predicted molar refractivity (Wildman–Crippen MR) is 81.6 cm³/mol. The lowest BCUT2D eigenvalue weighted by Gasteiger charge is -2.22. The summed E-state index contributed by atoms with van der Waals surface area (Å²) in [7, 11) is 3.07. The van der Waals surface area contributed by atoms with Crippen LogP contribution in [-0.2, 0) is 0 Å². The highest BCUT2D eigenvalue weighted by Crippen LogP contribution is 2.40. The first kappa shape index (κ1) is 17.1. The molecule has 1 aromatic carbocycles.